The van der Waals surface area contributed by atoms with Gasteiger partial charge in [-0.1, -0.05) is 30.3 Å². The van der Waals surface area contributed by atoms with E-state index in [2.05, 4.69) is 25.5 Å². The van der Waals surface area contributed by atoms with E-state index in [0.29, 0.717) is 11.0 Å². The van der Waals surface area contributed by atoms with E-state index in [1.165, 1.54) is 0 Å². The molecule has 0 radical (unpaired) electrons. The smallest absolute Gasteiger partial charge is 0.289 e. The van der Waals surface area contributed by atoms with Gasteiger partial charge in [-0.25, -0.2) is 9.97 Å². The molecule has 2 heterocycles. The lowest BCUT2D eigenvalue weighted by Crippen LogP contribution is -2.27. The van der Waals surface area contributed by atoms with Crippen LogP contribution >= 0.6 is 0 Å². The van der Waals surface area contributed by atoms with Crippen molar-refractivity contribution >= 4 is 27.8 Å². The van der Waals surface area contributed by atoms with Crippen molar-refractivity contribution in [2.75, 3.05) is 0 Å². The second-order valence-electron chi connectivity index (χ2n) is 8.36. The highest BCUT2D eigenvalue weighted by molar-refractivity contribution is 6.02. The minimum absolute atomic E-state index is 0.127. The van der Waals surface area contributed by atoms with Crippen molar-refractivity contribution in [2.24, 2.45) is 0 Å². The van der Waals surface area contributed by atoms with Gasteiger partial charge in [0.2, 0.25) is 5.82 Å². The fraction of sp³-hybridized carbons (Fsp3) is 0.192. The molecule has 0 bridgehead atoms. The molecule has 1 unspecified atom stereocenters. The van der Waals surface area contributed by atoms with Crippen molar-refractivity contribution in [3.8, 4) is 17.0 Å². The number of benzene rings is 3. The van der Waals surface area contributed by atoms with E-state index in [0.717, 1.165) is 33.5 Å². The number of ether oxygens (including phenoxy) is 1. The molecule has 0 saturated carbocycles. The summed E-state index contributed by atoms with van der Waals surface area (Å²) >= 11 is 0. The van der Waals surface area contributed by atoms with Crippen molar-refractivity contribution in [1.29, 1.82) is 0 Å². The molecule has 0 aliphatic heterocycles. The van der Waals surface area contributed by atoms with E-state index in [9.17, 15) is 4.79 Å². The summed E-state index contributed by atoms with van der Waals surface area (Å²) in [4.78, 5) is 21.7. The summed E-state index contributed by atoms with van der Waals surface area (Å²) in [5.74, 6) is 0.707. The van der Waals surface area contributed by atoms with Crippen LogP contribution in [-0.2, 0) is 0 Å². The Kier molecular flexibility index (Phi) is 5.30. The maximum atomic E-state index is 12.8. The number of hydrogen-bond donors (Lipinski definition) is 3. The topological polar surface area (TPSA) is 95.7 Å². The Morgan fingerprint density at radius 3 is 2.30 bits per heavy atom. The number of hydrogen-bond acceptors (Lipinski definition) is 4. The van der Waals surface area contributed by atoms with Gasteiger partial charge < -0.3 is 15.2 Å². The number of nitrogens with one attached hydrogen (secondary N) is 3. The van der Waals surface area contributed by atoms with Crippen molar-refractivity contribution in [2.45, 2.75) is 32.9 Å². The van der Waals surface area contributed by atoms with Gasteiger partial charge in [-0.2, -0.15) is 0 Å². The van der Waals surface area contributed by atoms with Gasteiger partial charge in [0.1, 0.15) is 5.75 Å². The fourth-order valence-corrected chi connectivity index (χ4v) is 3.90. The molecule has 5 aromatic rings. The van der Waals surface area contributed by atoms with Crippen LogP contribution < -0.4 is 10.1 Å². The molecule has 5 rings (SSSR count). The monoisotopic (exact) mass is 439 g/mol. The van der Waals surface area contributed by atoms with Crippen LogP contribution in [0, 0.1) is 0 Å². The minimum atomic E-state index is -0.293. The zero-order chi connectivity index (χ0) is 22.9. The number of imidazole rings is 1. The summed E-state index contributed by atoms with van der Waals surface area (Å²) in [7, 11) is 0. The molecular weight excluding hydrogens is 414 g/mol. The van der Waals surface area contributed by atoms with E-state index in [1.807, 2.05) is 87.5 Å². The van der Waals surface area contributed by atoms with Gasteiger partial charge in [-0.15, -0.1) is 0 Å². The Labute approximate surface area is 191 Å². The zero-order valence-corrected chi connectivity index (χ0v) is 18.7. The fourth-order valence-electron chi connectivity index (χ4n) is 3.90. The highest BCUT2D eigenvalue weighted by Gasteiger charge is 2.18. The first kappa shape index (κ1) is 20.8. The van der Waals surface area contributed by atoms with Crippen LogP contribution in [0.4, 0.5) is 0 Å². The molecule has 0 aliphatic carbocycles. The van der Waals surface area contributed by atoms with Gasteiger partial charge in [0.25, 0.3) is 5.91 Å². The SMILES string of the molecule is CC(C)Oc1ccc(-c2[nH][nH]c3cc4nc(C(=O)NC(C)c5ccccc5)nc4cc23)cc1. The minimum Gasteiger partial charge on any atom is -0.491 e. The number of amides is 1. The third kappa shape index (κ3) is 4.17. The van der Waals surface area contributed by atoms with Gasteiger partial charge in [-0.05, 0) is 62.7 Å². The first-order valence-electron chi connectivity index (χ1n) is 11.0. The molecule has 33 heavy (non-hydrogen) atoms. The maximum Gasteiger partial charge on any atom is 0.289 e. The lowest BCUT2D eigenvalue weighted by atomic mass is 10.1. The number of carbonyl (C=O) groups excluding carboxylic acids is 1. The number of aromatic nitrogens is 4. The molecule has 7 heteroatoms. The lowest BCUT2D eigenvalue weighted by Gasteiger charge is -2.12. The molecule has 0 spiro atoms. The van der Waals surface area contributed by atoms with Crippen molar-refractivity contribution < 1.29 is 9.53 Å². The van der Waals surface area contributed by atoms with Crippen LogP contribution in [0.5, 0.6) is 5.75 Å². The van der Waals surface area contributed by atoms with Crippen LogP contribution in [0.1, 0.15) is 43.0 Å². The molecule has 166 valence electrons. The first-order chi connectivity index (χ1) is 16.0. The Morgan fingerprint density at radius 2 is 1.61 bits per heavy atom. The van der Waals surface area contributed by atoms with Gasteiger partial charge in [0, 0.05) is 10.9 Å². The summed E-state index contributed by atoms with van der Waals surface area (Å²) < 4.78 is 5.74. The van der Waals surface area contributed by atoms with E-state index < -0.39 is 0 Å². The van der Waals surface area contributed by atoms with Crippen LogP contribution in [0.2, 0.25) is 0 Å². The largest absolute Gasteiger partial charge is 0.491 e. The second-order valence-corrected chi connectivity index (χ2v) is 8.36. The van der Waals surface area contributed by atoms with Gasteiger partial charge >= 0.3 is 0 Å². The highest BCUT2D eigenvalue weighted by Crippen LogP contribution is 2.30. The van der Waals surface area contributed by atoms with Crippen LogP contribution in [0.25, 0.3) is 33.2 Å². The van der Waals surface area contributed by atoms with Crippen LogP contribution in [-0.4, -0.2) is 32.2 Å². The molecule has 0 aliphatic rings. The Balaban J connectivity index is 1.43. The molecule has 3 N–H and O–H groups in total. The van der Waals surface area contributed by atoms with E-state index >= 15 is 0 Å². The Hall–Kier alpha value is -4.13. The predicted molar refractivity (Wildman–Crippen MR) is 129 cm³/mol. The number of rotatable bonds is 6. The number of carbonyl (C=O) groups is 1. The zero-order valence-electron chi connectivity index (χ0n) is 18.7. The summed E-state index contributed by atoms with van der Waals surface area (Å²) in [6.45, 7) is 5.95. The average Bonchev–Trinajstić information content (AvgIpc) is 3.42. The second kappa shape index (κ2) is 8.43. The number of H-pyrrole nitrogens is 2. The van der Waals surface area contributed by atoms with Gasteiger partial charge in [0.15, 0.2) is 0 Å². The molecule has 3 aromatic carbocycles. The lowest BCUT2D eigenvalue weighted by molar-refractivity contribution is 0.0930. The molecular formula is C26H25N5O2. The summed E-state index contributed by atoms with van der Waals surface area (Å²) in [5.41, 5.74) is 5.22. The van der Waals surface area contributed by atoms with Crippen molar-refractivity contribution in [3.63, 3.8) is 0 Å². The quantitative estimate of drug-likeness (QED) is 0.331. The first-order valence-corrected chi connectivity index (χ1v) is 11.0. The third-order valence-electron chi connectivity index (χ3n) is 5.52. The van der Waals surface area contributed by atoms with Gasteiger partial charge in [-0.3, -0.25) is 9.89 Å². The third-order valence-corrected chi connectivity index (χ3v) is 5.52. The van der Waals surface area contributed by atoms with E-state index in [4.69, 9.17) is 4.74 Å². The Morgan fingerprint density at radius 1 is 0.909 bits per heavy atom. The normalized spacial score (nSPS) is 12.4. The van der Waals surface area contributed by atoms with Crippen molar-refractivity contribution in [3.05, 3.63) is 78.1 Å². The predicted octanol–water partition coefficient (Wildman–Crippen LogP) is 5.38. The number of nitrogens with zero attached hydrogens (tertiary/aromatic N) is 2. The molecule has 1 amide bonds. The molecule has 2 aromatic heterocycles. The Bertz CT molecular complexity index is 1420. The van der Waals surface area contributed by atoms with E-state index in [1.54, 1.807) is 0 Å². The summed E-state index contributed by atoms with van der Waals surface area (Å²) in [5, 5.41) is 10.4. The van der Waals surface area contributed by atoms with Crippen LogP contribution in [0.3, 0.4) is 0 Å². The standard InChI is InChI=1S/C26H25N5O2/c1-15(2)33-19-11-9-18(10-12-19)24-20-13-22-23(14-21(20)30-31-24)29-25(28-22)26(32)27-16(3)17-7-5-4-6-8-17/h4-16,30-31H,1-3H3,(H,27,32). The summed E-state index contributed by atoms with van der Waals surface area (Å²) in [6.07, 6.45) is 0.127. The maximum absolute atomic E-state index is 12.8. The molecule has 1 atom stereocenters. The number of aromatic amines is 2. The van der Waals surface area contributed by atoms with E-state index in [-0.39, 0.29) is 23.9 Å². The molecule has 0 fully saturated rings. The molecule has 7 nitrogen and oxygen atoms in total. The van der Waals surface area contributed by atoms with Gasteiger partial charge in [0.05, 0.1) is 34.4 Å². The summed E-state index contributed by atoms with van der Waals surface area (Å²) in [6, 6.07) is 21.5. The van der Waals surface area contributed by atoms with Crippen LogP contribution in [0.15, 0.2) is 66.7 Å². The van der Waals surface area contributed by atoms with Crippen molar-refractivity contribution in [1.82, 2.24) is 25.5 Å². The number of fused-ring (bicyclic) bond motifs is 2. The molecule has 0 saturated heterocycles. The average molecular weight is 440 g/mol. The highest BCUT2D eigenvalue weighted by atomic mass is 16.5.